The first-order chi connectivity index (χ1) is 8.51. The van der Waals surface area contributed by atoms with Crippen LogP contribution in [0.5, 0.6) is 5.75 Å². The molecule has 4 nitrogen and oxygen atoms in total. The molecule has 0 aliphatic rings. The van der Waals surface area contributed by atoms with Crippen LogP contribution in [0, 0.1) is 11.7 Å². The largest absolute Gasteiger partial charge is 0.494 e. The minimum absolute atomic E-state index is 0.0329. The lowest BCUT2D eigenvalue weighted by atomic mass is 10.0. The fourth-order valence-electron chi connectivity index (χ4n) is 1.43. The van der Waals surface area contributed by atoms with Gasteiger partial charge in [-0.2, -0.15) is 0 Å². The molecule has 0 fully saturated rings. The van der Waals surface area contributed by atoms with E-state index in [1.807, 2.05) is 0 Å². The van der Waals surface area contributed by atoms with Crippen LogP contribution in [0.15, 0.2) is 18.2 Å². The van der Waals surface area contributed by atoms with Crippen LogP contribution in [-0.2, 0) is 0 Å². The first kappa shape index (κ1) is 14.4. The van der Waals surface area contributed by atoms with Gasteiger partial charge in [-0.3, -0.25) is 4.79 Å². The fraction of sp³-hybridized carbons (Fsp3) is 0.462. The van der Waals surface area contributed by atoms with Gasteiger partial charge in [0, 0.05) is 12.6 Å². The summed E-state index contributed by atoms with van der Waals surface area (Å²) in [5.74, 6) is -1.26. The number of halogens is 1. The number of nitrogens with one attached hydrogen (secondary N) is 1. The smallest absolute Gasteiger partial charge is 0.254 e. The van der Waals surface area contributed by atoms with Crippen molar-refractivity contribution in [1.29, 1.82) is 0 Å². The highest BCUT2D eigenvalue weighted by Gasteiger charge is 2.19. The van der Waals surface area contributed by atoms with Crippen molar-refractivity contribution in [1.82, 2.24) is 5.32 Å². The highest BCUT2D eigenvalue weighted by molar-refractivity contribution is 5.95. The van der Waals surface area contributed by atoms with Gasteiger partial charge in [-0.25, -0.2) is 4.39 Å². The molecule has 2 N–H and O–H groups in total. The predicted octanol–water partition coefficient (Wildman–Crippen LogP) is 1.58. The third-order valence-electron chi connectivity index (χ3n) is 2.93. The summed E-state index contributed by atoms with van der Waals surface area (Å²) in [5.41, 5.74) is -0.0636. The number of aliphatic hydroxyl groups excluding tert-OH is 1. The number of amides is 1. The molecular weight excluding hydrogens is 237 g/mol. The highest BCUT2D eigenvalue weighted by atomic mass is 19.1. The van der Waals surface area contributed by atoms with Gasteiger partial charge in [0.15, 0.2) is 11.6 Å². The van der Waals surface area contributed by atoms with Gasteiger partial charge in [0.25, 0.3) is 5.91 Å². The lowest BCUT2D eigenvalue weighted by Gasteiger charge is -2.19. The lowest BCUT2D eigenvalue weighted by molar-refractivity contribution is 0.0911. The summed E-state index contributed by atoms with van der Waals surface area (Å²) in [4.78, 5) is 11.9. The molecule has 0 heterocycles. The molecule has 0 radical (unpaired) electrons. The Kier molecular flexibility index (Phi) is 5.09. The first-order valence-corrected chi connectivity index (χ1v) is 5.75. The van der Waals surface area contributed by atoms with Gasteiger partial charge in [-0.1, -0.05) is 13.0 Å². The van der Waals surface area contributed by atoms with Crippen molar-refractivity contribution in [3.8, 4) is 5.75 Å². The molecule has 1 rings (SSSR count). The van der Waals surface area contributed by atoms with E-state index >= 15 is 0 Å². The Labute approximate surface area is 106 Å². The molecular formula is C13H18FNO3. The summed E-state index contributed by atoms with van der Waals surface area (Å²) < 4.78 is 18.6. The Hall–Kier alpha value is -1.62. The standard InChI is InChI=1S/C13H18FNO3/c1-8(7-16)9(2)15-13(17)10-5-4-6-11(18-3)12(10)14/h4-6,8-9,16H,7H2,1-3H3,(H,15,17). The van der Waals surface area contributed by atoms with Crippen LogP contribution in [0.2, 0.25) is 0 Å². The topological polar surface area (TPSA) is 58.6 Å². The molecule has 0 saturated heterocycles. The van der Waals surface area contributed by atoms with Crippen molar-refractivity contribution >= 4 is 5.91 Å². The summed E-state index contributed by atoms with van der Waals surface area (Å²) in [7, 11) is 1.34. The molecule has 0 saturated carbocycles. The minimum Gasteiger partial charge on any atom is -0.494 e. The van der Waals surface area contributed by atoms with Crippen LogP contribution >= 0.6 is 0 Å². The highest BCUT2D eigenvalue weighted by Crippen LogP contribution is 2.20. The molecule has 2 atom stereocenters. The van der Waals surface area contributed by atoms with Gasteiger partial charge in [0.2, 0.25) is 0 Å². The van der Waals surface area contributed by atoms with Crippen molar-refractivity contribution in [2.45, 2.75) is 19.9 Å². The average molecular weight is 255 g/mol. The van der Waals surface area contributed by atoms with E-state index in [0.29, 0.717) is 0 Å². The number of hydrogen-bond donors (Lipinski definition) is 2. The molecule has 1 aromatic carbocycles. The summed E-state index contributed by atoms with van der Waals surface area (Å²) in [5, 5.41) is 11.6. The Morgan fingerprint density at radius 3 is 2.72 bits per heavy atom. The zero-order valence-corrected chi connectivity index (χ0v) is 10.7. The second kappa shape index (κ2) is 6.35. The summed E-state index contributed by atoms with van der Waals surface area (Å²) in [6.45, 7) is 3.52. The molecule has 5 heteroatoms. The van der Waals surface area contributed by atoms with E-state index in [-0.39, 0.29) is 29.9 Å². The predicted molar refractivity (Wildman–Crippen MR) is 66.1 cm³/mol. The van der Waals surface area contributed by atoms with Crippen LogP contribution in [0.3, 0.4) is 0 Å². The Balaban J connectivity index is 2.85. The lowest BCUT2D eigenvalue weighted by Crippen LogP contribution is -2.38. The molecule has 100 valence electrons. The molecule has 0 spiro atoms. The summed E-state index contributed by atoms with van der Waals surface area (Å²) in [6, 6.07) is 4.15. The maximum Gasteiger partial charge on any atom is 0.254 e. The van der Waals surface area contributed by atoms with E-state index in [0.717, 1.165) is 0 Å². The maximum atomic E-state index is 13.8. The number of carbonyl (C=O) groups excluding carboxylic acids is 1. The Morgan fingerprint density at radius 2 is 2.17 bits per heavy atom. The second-order valence-electron chi connectivity index (χ2n) is 4.24. The number of hydrogen-bond acceptors (Lipinski definition) is 3. The van der Waals surface area contributed by atoms with Crippen molar-refractivity contribution in [2.24, 2.45) is 5.92 Å². The number of benzene rings is 1. The Bertz CT molecular complexity index is 423. The third kappa shape index (κ3) is 3.20. The minimum atomic E-state index is -0.679. The quantitative estimate of drug-likeness (QED) is 0.840. The van der Waals surface area contributed by atoms with Gasteiger partial charge in [-0.05, 0) is 25.0 Å². The van der Waals surface area contributed by atoms with E-state index in [9.17, 15) is 9.18 Å². The normalized spacial score (nSPS) is 13.8. The van der Waals surface area contributed by atoms with E-state index in [4.69, 9.17) is 9.84 Å². The molecule has 18 heavy (non-hydrogen) atoms. The zero-order chi connectivity index (χ0) is 13.7. The molecule has 0 aliphatic carbocycles. The van der Waals surface area contributed by atoms with Crippen LogP contribution in [0.1, 0.15) is 24.2 Å². The fourth-order valence-corrected chi connectivity index (χ4v) is 1.43. The number of rotatable bonds is 5. The summed E-state index contributed by atoms with van der Waals surface area (Å²) in [6.07, 6.45) is 0. The second-order valence-corrected chi connectivity index (χ2v) is 4.24. The van der Waals surface area contributed by atoms with Crippen molar-refractivity contribution in [2.75, 3.05) is 13.7 Å². The van der Waals surface area contributed by atoms with E-state index in [1.165, 1.54) is 19.2 Å². The van der Waals surface area contributed by atoms with Crippen molar-refractivity contribution in [3.63, 3.8) is 0 Å². The van der Waals surface area contributed by atoms with E-state index in [2.05, 4.69) is 5.32 Å². The van der Waals surface area contributed by atoms with Crippen LogP contribution in [0.4, 0.5) is 4.39 Å². The van der Waals surface area contributed by atoms with E-state index in [1.54, 1.807) is 19.9 Å². The van der Waals surface area contributed by atoms with Crippen molar-refractivity contribution in [3.05, 3.63) is 29.6 Å². The number of methoxy groups -OCH3 is 1. The van der Waals surface area contributed by atoms with Gasteiger partial charge in [0.05, 0.1) is 12.7 Å². The number of aliphatic hydroxyl groups is 1. The molecule has 0 aliphatic heterocycles. The van der Waals surface area contributed by atoms with Crippen LogP contribution in [-0.4, -0.2) is 30.8 Å². The molecule has 0 aromatic heterocycles. The molecule has 2 unspecified atom stereocenters. The zero-order valence-electron chi connectivity index (χ0n) is 10.7. The van der Waals surface area contributed by atoms with Gasteiger partial charge in [-0.15, -0.1) is 0 Å². The van der Waals surface area contributed by atoms with Gasteiger partial charge >= 0.3 is 0 Å². The SMILES string of the molecule is COc1cccc(C(=O)NC(C)C(C)CO)c1F. The maximum absolute atomic E-state index is 13.8. The van der Waals surface area contributed by atoms with E-state index < -0.39 is 11.7 Å². The average Bonchev–Trinajstić information content (AvgIpc) is 2.37. The van der Waals surface area contributed by atoms with Gasteiger partial charge < -0.3 is 15.2 Å². The van der Waals surface area contributed by atoms with Crippen LogP contribution < -0.4 is 10.1 Å². The first-order valence-electron chi connectivity index (χ1n) is 5.75. The molecule has 0 bridgehead atoms. The van der Waals surface area contributed by atoms with Gasteiger partial charge in [0.1, 0.15) is 0 Å². The number of carbonyl (C=O) groups is 1. The monoisotopic (exact) mass is 255 g/mol. The molecule has 1 aromatic rings. The van der Waals surface area contributed by atoms with Crippen LogP contribution in [0.25, 0.3) is 0 Å². The Morgan fingerprint density at radius 1 is 1.50 bits per heavy atom. The molecule has 1 amide bonds. The summed E-state index contributed by atoms with van der Waals surface area (Å²) >= 11 is 0. The third-order valence-corrected chi connectivity index (χ3v) is 2.93. The van der Waals surface area contributed by atoms with Crippen molar-refractivity contribution < 1.29 is 19.0 Å². The number of ether oxygens (including phenoxy) is 1.